The Bertz CT molecular complexity index is 1640. The van der Waals surface area contributed by atoms with Crippen molar-refractivity contribution in [1.29, 1.82) is 0 Å². The lowest BCUT2D eigenvalue weighted by Crippen LogP contribution is -2.29. The number of hydrogen-bond acceptors (Lipinski definition) is 6. The van der Waals surface area contributed by atoms with Gasteiger partial charge >= 0.3 is 5.97 Å². The Morgan fingerprint density at radius 2 is 1.87 bits per heavy atom. The Balaban J connectivity index is 1.60. The van der Waals surface area contributed by atoms with Gasteiger partial charge in [-0.2, -0.15) is 0 Å². The smallest absolute Gasteiger partial charge is 0.336 e. The lowest BCUT2D eigenvalue weighted by molar-refractivity contribution is 0.0697. The van der Waals surface area contributed by atoms with Crippen molar-refractivity contribution in [2.45, 2.75) is 19.0 Å². The summed E-state index contributed by atoms with van der Waals surface area (Å²) in [5, 5.41) is 13.4. The Morgan fingerprint density at radius 3 is 2.55 bits per heavy atom. The zero-order valence-corrected chi connectivity index (χ0v) is 22.1. The molecule has 5 rings (SSSR count). The van der Waals surface area contributed by atoms with Crippen LogP contribution in [-0.4, -0.2) is 35.8 Å². The van der Waals surface area contributed by atoms with E-state index < -0.39 is 22.0 Å². The van der Waals surface area contributed by atoms with Gasteiger partial charge in [0.25, 0.3) is 0 Å². The summed E-state index contributed by atoms with van der Waals surface area (Å²) >= 11 is 5.75. The van der Waals surface area contributed by atoms with E-state index in [9.17, 15) is 18.3 Å². The molecule has 0 bridgehead atoms. The van der Waals surface area contributed by atoms with Crippen molar-refractivity contribution in [2.24, 2.45) is 0 Å². The number of carboxylic acids is 1. The number of aryl methyl sites for hydroxylation is 1. The standard InChI is InChI=1S/C27H24N4O5S2/c1-16-15-17(10-11-20(16)30-38(2,34)35)31-25(24(29-27(31)37)21-9-5-6-14-28-21)23-13-12-22(36-23)18-7-3-4-8-19(18)26(32)33/h3-15,24-25,30H,1-2H3,(H,29,37)(H,32,33)/t24-,25+/m1/s1. The number of benzene rings is 2. The molecule has 2 aromatic carbocycles. The summed E-state index contributed by atoms with van der Waals surface area (Å²) in [6, 6.07) is 20.3. The van der Waals surface area contributed by atoms with Gasteiger partial charge in [-0.25, -0.2) is 13.2 Å². The third-order valence-electron chi connectivity index (χ3n) is 6.22. The van der Waals surface area contributed by atoms with E-state index in [0.717, 1.165) is 17.6 Å². The molecule has 194 valence electrons. The molecule has 0 amide bonds. The second-order valence-electron chi connectivity index (χ2n) is 8.92. The predicted octanol–water partition coefficient (Wildman–Crippen LogP) is 4.90. The number of hydrogen-bond donors (Lipinski definition) is 3. The van der Waals surface area contributed by atoms with Gasteiger partial charge in [-0.15, -0.1) is 0 Å². The van der Waals surface area contributed by atoms with Crippen molar-refractivity contribution >= 4 is 44.7 Å². The minimum atomic E-state index is -3.44. The quantitative estimate of drug-likeness (QED) is 0.277. The SMILES string of the molecule is Cc1cc(N2C(=S)N[C@H](c3ccccn3)[C@@H]2c2ccc(-c3ccccc3C(=O)O)o2)ccc1NS(C)(=O)=O. The van der Waals surface area contributed by atoms with Crippen LogP contribution in [0, 0.1) is 6.92 Å². The first-order chi connectivity index (χ1) is 18.1. The molecule has 1 saturated heterocycles. The van der Waals surface area contributed by atoms with Crippen LogP contribution < -0.4 is 14.9 Å². The van der Waals surface area contributed by atoms with Crippen molar-refractivity contribution < 1.29 is 22.7 Å². The average Bonchev–Trinajstić information content (AvgIpc) is 3.49. The Hall–Kier alpha value is -4.22. The molecule has 11 heteroatoms. The van der Waals surface area contributed by atoms with Crippen LogP contribution in [0.1, 0.15) is 39.5 Å². The van der Waals surface area contributed by atoms with Crippen LogP contribution in [0.5, 0.6) is 0 Å². The fourth-order valence-electron chi connectivity index (χ4n) is 4.57. The number of nitrogens with one attached hydrogen (secondary N) is 2. The summed E-state index contributed by atoms with van der Waals surface area (Å²) in [5.41, 5.74) is 3.26. The zero-order chi connectivity index (χ0) is 27.0. The number of carboxylic acid groups (broad SMARTS) is 1. The van der Waals surface area contributed by atoms with Crippen molar-refractivity contribution in [2.75, 3.05) is 15.9 Å². The maximum absolute atomic E-state index is 11.8. The molecule has 0 unspecified atom stereocenters. The van der Waals surface area contributed by atoms with Crippen molar-refractivity contribution in [3.8, 4) is 11.3 Å². The number of carbonyl (C=O) groups is 1. The van der Waals surface area contributed by atoms with Gasteiger partial charge in [0.05, 0.1) is 29.2 Å². The maximum atomic E-state index is 11.8. The van der Waals surface area contributed by atoms with Crippen molar-refractivity contribution in [3.63, 3.8) is 0 Å². The van der Waals surface area contributed by atoms with Crippen LogP contribution in [-0.2, 0) is 10.0 Å². The monoisotopic (exact) mass is 548 g/mol. The molecule has 2 atom stereocenters. The third-order valence-corrected chi connectivity index (χ3v) is 7.13. The highest BCUT2D eigenvalue weighted by Crippen LogP contribution is 2.43. The van der Waals surface area contributed by atoms with Gasteiger partial charge in [0.2, 0.25) is 10.0 Å². The van der Waals surface area contributed by atoms with Gasteiger partial charge in [-0.05, 0) is 73.2 Å². The number of pyridine rings is 1. The normalized spacial score (nSPS) is 17.3. The number of sulfonamides is 1. The van der Waals surface area contributed by atoms with Crippen molar-refractivity contribution in [3.05, 3.63) is 102 Å². The fraction of sp³-hybridized carbons (Fsp3) is 0.148. The molecule has 1 fully saturated rings. The zero-order valence-electron chi connectivity index (χ0n) is 20.5. The molecule has 2 aromatic heterocycles. The molecule has 0 aliphatic carbocycles. The van der Waals surface area contributed by atoms with Crippen molar-refractivity contribution in [1.82, 2.24) is 10.3 Å². The molecule has 1 aliphatic heterocycles. The van der Waals surface area contributed by atoms with E-state index in [1.54, 1.807) is 42.6 Å². The highest BCUT2D eigenvalue weighted by Gasteiger charge is 2.42. The first-order valence-corrected chi connectivity index (χ1v) is 13.9. The molecular weight excluding hydrogens is 524 g/mol. The number of furan rings is 1. The molecule has 3 N–H and O–H groups in total. The lowest BCUT2D eigenvalue weighted by Gasteiger charge is -2.26. The van der Waals surface area contributed by atoms with Gasteiger partial charge in [0.15, 0.2) is 5.11 Å². The van der Waals surface area contributed by atoms with Gasteiger partial charge in [-0.1, -0.05) is 24.3 Å². The van der Waals surface area contributed by atoms with Crippen LogP contribution in [0.3, 0.4) is 0 Å². The fourth-order valence-corrected chi connectivity index (χ4v) is 5.55. The van der Waals surface area contributed by atoms with Crippen LogP contribution >= 0.6 is 12.2 Å². The summed E-state index contributed by atoms with van der Waals surface area (Å²) in [7, 11) is -3.44. The number of aromatic nitrogens is 1. The maximum Gasteiger partial charge on any atom is 0.336 e. The molecule has 4 aromatic rings. The second kappa shape index (κ2) is 9.92. The molecular formula is C27H24N4O5S2. The molecule has 0 radical (unpaired) electrons. The molecule has 0 saturated carbocycles. The summed E-state index contributed by atoms with van der Waals surface area (Å²) in [6.07, 6.45) is 2.80. The van der Waals surface area contributed by atoms with E-state index in [2.05, 4.69) is 15.0 Å². The number of thiocarbonyl (C=S) groups is 1. The number of aromatic carboxylic acids is 1. The number of rotatable bonds is 7. The van der Waals surface area contributed by atoms with Gasteiger partial charge < -0.3 is 19.7 Å². The van der Waals surface area contributed by atoms with E-state index in [-0.39, 0.29) is 11.6 Å². The predicted molar refractivity (Wildman–Crippen MR) is 149 cm³/mol. The number of nitrogens with zero attached hydrogens (tertiary/aromatic N) is 2. The summed E-state index contributed by atoms with van der Waals surface area (Å²) < 4.78 is 32.3. The molecule has 9 nitrogen and oxygen atoms in total. The third kappa shape index (κ3) is 4.98. The van der Waals surface area contributed by atoms with Crippen LogP contribution in [0.15, 0.2) is 83.4 Å². The Morgan fingerprint density at radius 1 is 1.11 bits per heavy atom. The highest BCUT2D eigenvalue weighted by atomic mass is 32.2. The molecule has 1 aliphatic rings. The lowest BCUT2D eigenvalue weighted by atomic mass is 10.0. The topological polar surface area (TPSA) is 125 Å². The Kier molecular flexibility index (Phi) is 6.64. The summed E-state index contributed by atoms with van der Waals surface area (Å²) in [6.45, 7) is 1.81. The molecule has 38 heavy (non-hydrogen) atoms. The number of anilines is 2. The minimum Gasteiger partial charge on any atom is -0.478 e. The first-order valence-electron chi connectivity index (χ1n) is 11.6. The van der Waals surface area contributed by atoms with Crippen LogP contribution in [0.2, 0.25) is 0 Å². The summed E-state index contributed by atoms with van der Waals surface area (Å²) in [4.78, 5) is 18.2. The second-order valence-corrected chi connectivity index (χ2v) is 11.1. The Labute approximate surface area is 225 Å². The summed E-state index contributed by atoms with van der Waals surface area (Å²) in [5.74, 6) is -0.0767. The van der Waals surface area contributed by atoms with E-state index in [0.29, 0.717) is 33.4 Å². The minimum absolute atomic E-state index is 0.135. The van der Waals surface area contributed by atoms with Gasteiger partial charge in [0, 0.05) is 17.4 Å². The van der Waals surface area contributed by atoms with Gasteiger partial charge in [0.1, 0.15) is 17.6 Å². The first kappa shape index (κ1) is 25.4. The van der Waals surface area contributed by atoms with E-state index in [4.69, 9.17) is 16.6 Å². The van der Waals surface area contributed by atoms with Crippen LogP contribution in [0.4, 0.5) is 11.4 Å². The molecule has 3 heterocycles. The average molecular weight is 549 g/mol. The van der Waals surface area contributed by atoms with E-state index >= 15 is 0 Å². The molecule has 0 spiro atoms. The largest absolute Gasteiger partial charge is 0.478 e. The van der Waals surface area contributed by atoms with E-state index in [1.807, 2.05) is 42.2 Å². The highest BCUT2D eigenvalue weighted by molar-refractivity contribution is 7.92. The van der Waals surface area contributed by atoms with Gasteiger partial charge in [-0.3, -0.25) is 9.71 Å². The van der Waals surface area contributed by atoms with Crippen LogP contribution in [0.25, 0.3) is 11.3 Å². The van der Waals surface area contributed by atoms with E-state index in [1.165, 1.54) is 6.07 Å².